The molecule has 0 fully saturated rings. The summed E-state index contributed by atoms with van der Waals surface area (Å²) in [7, 11) is 0. The normalized spacial score (nSPS) is 15.0. The fourth-order valence-electron chi connectivity index (χ4n) is 5.77. The first-order valence-corrected chi connectivity index (χ1v) is 24.4. The number of nitriles is 2. The summed E-state index contributed by atoms with van der Waals surface area (Å²) in [5, 5.41) is 18.3. The van der Waals surface area contributed by atoms with Gasteiger partial charge in [0.2, 0.25) is 13.0 Å². The molecule has 0 aliphatic carbocycles. The minimum absolute atomic E-state index is 0.0386. The third-order valence-corrected chi connectivity index (χ3v) is 20.5. The summed E-state index contributed by atoms with van der Waals surface area (Å²) in [6, 6.07) is 4.51. The van der Waals surface area contributed by atoms with Gasteiger partial charge in [0.05, 0.1) is 25.4 Å². The van der Waals surface area contributed by atoms with Crippen LogP contribution in [0.15, 0.2) is 0 Å². The second-order valence-electron chi connectivity index (χ2n) is 13.0. The third kappa shape index (κ3) is 16.6. The first-order chi connectivity index (χ1) is 21.5. The molecule has 0 aromatic rings. The van der Waals surface area contributed by atoms with Crippen LogP contribution in [-0.4, -0.2) is 87.2 Å². The summed E-state index contributed by atoms with van der Waals surface area (Å²) in [6.07, 6.45) is 4.90. The molecular weight excluding hydrogens is 699 g/mol. The van der Waals surface area contributed by atoms with E-state index in [4.69, 9.17) is 20.0 Å². The Balaban J connectivity index is 5.00. The van der Waals surface area contributed by atoms with E-state index >= 15 is 0 Å². The van der Waals surface area contributed by atoms with Gasteiger partial charge in [-0.25, -0.2) is 14.1 Å². The molecule has 46 heavy (non-hydrogen) atoms. The van der Waals surface area contributed by atoms with Gasteiger partial charge in [-0.3, -0.25) is 9.13 Å². The first kappa shape index (κ1) is 46.0. The molecule has 0 spiro atoms. The zero-order valence-electron chi connectivity index (χ0n) is 29.4. The predicted octanol–water partition coefficient (Wildman–Crippen LogP) is 10.00. The minimum atomic E-state index is -2.83. The van der Waals surface area contributed by atoms with Crippen molar-refractivity contribution >= 4 is 67.2 Å². The van der Waals surface area contributed by atoms with E-state index in [9.17, 15) is 13.9 Å². The van der Waals surface area contributed by atoms with E-state index in [1.807, 2.05) is 27.7 Å². The predicted molar refractivity (Wildman–Crippen MR) is 205 cm³/mol. The second kappa shape index (κ2) is 23.4. The van der Waals surface area contributed by atoms with Crippen LogP contribution in [0.5, 0.6) is 0 Å². The fourth-order valence-corrected chi connectivity index (χ4v) is 20.2. The Bertz CT molecular complexity index is 987. The van der Waals surface area contributed by atoms with Crippen LogP contribution >= 0.6 is 61.0 Å². The minimum Gasteiger partial charge on any atom is -0.434 e. The van der Waals surface area contributed by atoms with E-state index in [0.29, 0.717) is 73.9 Å². The van der Waals surface area contributed by atoms with Crippen molar-refractivity contribution in [1.82, 2.24) is 9.34 Å². The van der Waals surface area contributed by atoms with Crippen LogP contribution in [-0.2, 0) is 18.6 Å². The summed E-state index contributed by atoms with van der Waals surface area (Å²) >= 11 is 11.6. The summed E-state index contributed by atoms with van der Waals surface area (Å²) in [6.45, 7) is 11.0. The largest absolute Gasteiger partial charge is 0.508 e. The first-order valence-electron chi connectivity index (χ1n) is 16.3. The van der Waals surface area contributed by atoms with E-state index < -0.39 is 30.2 Å². The summed E-state index contributed by atoms with van der Waals surface area (Å²) in [5.41, 5.74) is -0.800. The van der Waals surface area contributed by atoms with Crippen LogP contribution in [0, 0.1) is 22.7 Å². The molecule has 0 aliphatic rings. The van der Waals surface area contributed by atoms with Gasteiger partial charge in [0, 0.05) is 59.8 Å². The van der Waals surface area contributed by atoms with Gasteiger partial charge in [-0.05, 0) is 105 Å². The zero-order chi connectivity index (χ0) is 35.4. The third-order valence-electron chi connectivity index (χ3n) is 7.37. The van der Waals surface area contributed by atoms with Gasteiger partial charge in [-0.2, -0.15) is 35.8 Å². The van der Waals surface area contributed by atoms with Crippen LogP contribution < -0.4 is 0 Å². The van der Waals surface area contributed by atoms with Crippen molar-refractivity contribution in [2.24, 2.45) is 0 Å². The van der Waals surface area contributed by atoms with Gasteiger partial charge < -0.3 is 9.47 Å². The molecule has 0 saturated heterocycles. The number of carbonyl (C=O) groups is 1. The van der Waals surface area contributed by atoms with Crippen molar-refractivity contribution in [2.75, 3.05) is 48.5 Å². The molecule has 0 radical (unpaired) electrons. The Morgan fingerprint density at radius 2 is 1.09 bits per heavy atom. The van der Waals surface area contributed by atoms with Gasteiger partial charge in [-0.1, -0.05) is 22.8 Å². The second-order valence-corrected chi connectivity index (χ2v) is 24.5. The molecule has 0 bridgehead atoms. The van der Waals surface area contributed by atoms with E-state index in [2.05, 4.69) is 74.4 Å². The summed E-state index contributed by atoms with van der Waals surface area (Å²) in [4.78, 5) is 12.3. The van der Waals surface area contributed by atoms with Crippen LogP contribution in [0.2, 0.25) is 0 Å². The molecular formula is C31H60N4O5P2S4. The van der Waals surface area contributed by atoms with Crippen LogP contribution in [0.1, 0.15) is 107 Å². The molecule has 2 atom stereocenters. The van der Waals surface area contributed by atoms with Crippen molar-refractivity contribution < 1.29 is 23.4 Å². The monoisotopic (exact) mass is 758 g/mol. The maximum absolute atomic E-state index is 14.3. The SMILES string of the molecule is CC(C)N(C(C)(C)CCC#N)P(=O)(CCCS)SCCCOC(=O)OCCCSP(=O)(CCCS)N(C(C)C)C(C)(C)CCC#N. The molecule has 0 saturated carbocycles. The lowest BCUT2D eigenvalue weighted by atomic mass is 9.98. The lowest BCUT2D eigenvalue weighted by Crippen LogP contribution is -2.45. The zero-order valence-corrected chi connectivity index (χ0v) is 34.6. The fraction of sp³-hybridized carbons (Fsp3) is 0.903. The van der Waals surface area contributed by atoms with Crippen molar-refractivity contribution in [3.63, 3.8) is 0 Å². The highest BCUT2D eigenvalue weighted by molar-refractivity contribution is 8.57. The van der Waals surface area contributed by atoms with Crippen molar-refractivity contribution in [3.8, 4) is 12.1 Å². The Morgan fingerprint density at radius 3 is 1.37 bits per heavy atom. The topological polar surface area (TPSA) is 124 Å². The van der Waals surface area contributed by atoms with Gasteiger partial charge >= 0.3 is 6.16 Å². The molecule has 0 N–H and O–H groups in total. The number of nitrogens with zero attached hydrogens (tertiary/aromatic N) is 4. The quantitative estimate of drug-likeness (QED) is 0.0379. The molecule has 15 heteroatoms. The van der Waals surface area contributed by atoms with Crippen LogP contribution in [0.3, 0.4) is 0 Å². The molecule has 0 aromatic heterocycles. The van der Waals surface area contributed by atoms with Gasteiger partial charge in [0.15, 0.2) is 0 Å². The Morgan fingerprint density at radius 1 is 0.739 bits per heavy atom. The van der Waals surface area contributed by atoms with E-state index in [-0.39, 0.29) is 25.3 Å². The molecule has 268 valence electrons. The van der Waals surface area contributed by atoms with Crippen LogP contribution in [0.4, 0.5) is 4.79 Å². The Labute approximate surface area is 299 Å². The molecule has 0 aliphatic heterocycles. The van der Waals surface area contributed by atoms with Gasteiger partial charge in [0.25, 0.3) is 0 Å². The van der Waals surface area contributed by atoms with Crippen LogP contribution in [0.25, 0.3) is 0 Å². The maximum Gasteiger partial charge on any atom is 0.508 e. The average molecular weight is 759 g/mol. The highest BCUT2D eigenvalue weighted by atomic mass is 32.7. The lowest BCUT2D eigenvalue weighted by molar-refractivity contribution is 0.0559. The molecule has 0 aromatic carbocycles. The Kier molecular flexibility index (Phi) is 23.5. The number of ether oxygens (including phenoxy) is 2. The molecule has 0 amide bonds. The van der Waals surface area contributed by atoms with Gasteiger partial charge in [-0.15, -0.1) is 0 Å². The maximum atomic E-state index is 14.3. The van der Waals surface area contributed by atoms with E-state index in [1.54, 1.807) is 0 Å². The van der Waals surface area contributed by atoms with E-state index in [1.165, 1.54) is 22.8 Å². The highest BCUT2D eigenvalue weighted by Crippen LogP contribution is 2.66. The summed E-state index contributed by atoms with van der Waals surface area (Å²) < 4.78 is 43.4. The summed E-state index contributed by atoms with van der Waals surface area (Å²) in [5.74, 6) is 2.41. The van der Waals surface area contributed by atoms with Crippen molar-refractivity contribution in [2.45, 2.75) is 130 Å². The van der Waals surface area contributed by atoms with Gasteiger partial charge in [0.1, 0.15) is 0 Å². The Hall–Kier alpha value is 0.0300. The average Bonchev–Trinajstić information content (AvgIpc) is 2.96. The number of thiol groups is 2. The lowest BCUT2D eigenvalue weighted by Gasteiger charge is -2.45. The van der Waals surface area contributed by atoms with Crippen molar-refractivity contribution in [3.05, 3.63) is 0 Å². The van der Waals surface area contributed by atoms with Crippen molar-refractivity contribution in [1.29, 1.82) is 10.5 Å². The molecule has 9 nitrogen and oxygen atoms in total. The molecule has 2 unspecified atom stereocenters. The number of hydrogen-bond acceptors (Lipinski definition) is 11. The van der Waals surface area contributed by atoms with E-state index in [0.717, 1.165) is 12.8 Å². The molecule has 0 rings (SSSR count). The number of hydrogen-bond donors (Lipinski definition) is 2. The smallest absolute Gasteiger partial charge is 0.434 e. The number of carbonyl (C=O) groups excluding carboxylic acids is 1. The molecule has 0 heterocycles. The standard InChI is InChI=1S/C31H60N4O5P2S4/c1-27(2)34(30(5,6)15-9-17-32)41(37,21-13-23-43)45-25-11-19-39-29(36)40-20-12-26-46-42(38,22-14-24-44)35(28(3)4)31(7,8)16-10-18-33/h27-28,43-44H,9-16,19-26H2,1-8H3. The number of rotatable bonds is 26. The highest BCUT2D eigenvalue weighted by Gasteiger charge is 2.43.